The van der Waals surface area contributed by atoms with Crippen LogP contribution in [-0.2, 0) is 4.79 Å². The molecule has 0 radical (unpaired) electrons. The second kappa shape index (κ2) is 6.70. The van der Waals surface area contributed by atoms with E-state index in [1.807, 2.05) is 6.92 Å². The molecule has 0 aromatic carbocycles. The number of unbranched alkanes of at least 4 members (excludes halogenated alkanes) is 3. The Balaban J connectivity index is 3.79. The Bertz CT molecular complexity index is 194. The van der Waals surface area contributed by atoms with Gasteiger partial charge in [-0.1, -0.05) is 31.8 Å². The van der Waals surface area contributed by atoms with Crippen molar-refractivity contribution in [2.75, 3.05) is 0 Å². The van der Waals surface area contributed by atoms with Gasteiger partial charge >= 0.3 is 0 Å². The van der Waals surface area contributed by atoms with Gasteiger partial charge in [-0.3, -0.25) is 4.79 Å². The minimum atomic E-state index is -0.284. The molecule has 0 atom stereocenters. The molecule has 2 N–H and O–H groups in total. The highest BCUT2D eigenvalue weighted by Gasteiger charge is 2.02. The van der Waals surface area contributed by atoms with E-state index in [1.165, 1.54) is 25.7 Å². The first kappa shape index (κ1) is 12.2. The third-order valence-corrected chi connectivity index (χ3v) is 2.42. The Labute approximate surface area is 81.2 Å². The monoisotopic (exact) mass is 183 g/mol. The zero-order chi connectivity index (χ0) is 10.3. The molecule has 2 nitrogen and oxygen atoms in total. The SMILES string of the molecule is CCCCCCC(C)=C(C)C(N)=O. The maximum atomic E-state index is 10.8. The average molecular weight is 183 g/mol. The van der Waals surface area contributed by atoms with E-state index in [0.717, 1.165) is 17.6 Å². The molecule has 2 heteroatoms. The van der Waals surface area contributed by atoms with Crippen molar-refractivity contribution in [1.29, 1.82) is 0 Å². The van der Waals surface area contributed by atoms with Crippen molar-refractivity contribution in [2.24, 2.45) is 5.73 Å². The summed E-state index contributed by atoms with van der Waals surface area (Å²) in [6.07, 6.45) is 5.96. The summed E-state index contributed by atoms with van der Waals surface area (Å²) in [4.78, 5) is 10.8. The molecule has 13 heavy (non-hydrogen) atoms. The van der Waals surface area contributed by atoms with Crippen LogP contribution in [0.2, 0.25) is 0 Å². The summed E-state index contributed by atoms with van der Waals surface area (Å²) < 4.78 is 0. The van der Waals surface area contributed by atoms with Crippen LogP contribution in [0, 0.1) is 0 Å². The Kier molecular flexibility index (Phi) is 6.29. The molecule has 0 bridgehead atoms. The van der Waals surface area contributed by atoms with Crippen LogP contribution >= 0.6 is 0 Å². The van der Waals surface area contributed by atoms with Crippen LogP contribution in [0.3, 0.4) is 0 Å². The zero-order valence-electron chi connectivity index (χ0n) is 9.02. The Morgan fingerprint density at radius 1 is 1.15 bits per heavy atom. The van der Waals surface area contributed by atoms with E-state index in [2.05, 4.69) is 6.92 Å². The summed E-state index contributed by atoms with van der Waals surface area (Å²) in [5.74, 6) is -0.284. The second-order valence-corrected chi connectivity index (χ2v) is 3.58. The summed E-state index contributed by atoms with van der Waals surface area (Å²) in [5, 5.41) is 0. The van der Waals surface area contributed by atoms with Crippen LogP contribution in [0.5, 0.6) is 0 Å². The number of allylic oxidation sites excluding steroid dienone is 1. The average Bonchev–Trinajstić information content (AvgIpc) is 2.10. The van der Waals surface area contributed by atoms with Crippen LogP contribution in [-0.4, -0.2) is 5.91 Å². The van der Waals surface area contributed by atoms with E-state index < -0.39 is 0 Å². The van der Waals surface area contributed by atoms with E-state index >= 15 is 0 Å². The zero-order valence-corrected chi connectivity index (χ0v) is 9.02. The molecule has 1 amide bonds. The van der Waals surface area contributed by atoms with Gasteiger partial charge in [0.25, 0.3) is 0 Å². The van der Waals surface area contributed by atoms with E-state index in [1.54, 1.807) is 6.92 Å². The standard InChI is InChI=1S/C11H21NO/c1-4-5-6-7-8-9(2)10(3)11(12)13/h4-8H2,1-3H3,(H2,12,13). The van der Waals surface area contributed by atoms with Gasteiger partial charge < -0.3 is 5.73 Å². The first-order valence-electron chi connectivity index (χ1n) is 5.05. The van der Waals surface area contributed by atoms with Crippen LogP contribution in [0.15, 0.2) is 11.1 Å². The van der Waals surface area contributed by atoms with Gasteiger partial charge in [0.2, 0.25) is 5.91 Å². The topological polar surface area (TPSA) is 43.1 Å². The van der Waals surface area contributed by atoms with E-state index in [4.69, 9.17) is 5.73 Å². The van der Waals surface area contributed by atoms with Crippen molar-refractivity contribution in [1.82, 2.24) is 0 Å². The minimum Gasteiger partial charge on any atom is -0.366 e. The van der Waals surface area contributed by atoms with Gasteiger partial charge in [0, 0.05) is 5.57 Å². The lowest BCUT2D eigenvalue weighted by atomic mass is 10.0. The van der Waals surface area contributed by atoms with E-state index in [9.17, 15) is 4.79 Å². The smallest absolute Gasteiger partial charge is 0.244 e. The van der Waals surface area contributed by atoms with Crippen molar-refractivity contribution >= 4 is 5.91 Å². The third-order valence-electron chi connectivity index (χ3n) is 2.42. The van der Waals surface area contributed by atoms with E-state index in [0.29, 0.717) is 0 Å². The highest BCUT2D eigenvalue weighted by molar-refractivity contribution is 5.91. The van der Waals surface area contributed by atoms with Gasteiger partial charge in [0.05, 0.1) is 0 Å². The molecule has 0 aromatic heterocycles. The van der Waals surface area contributed by atoms with Crippen LogP contribution < -0.4 is 5.73 Å². The van der Waals surface area contributed by atoms with Crippen LogP contribution in [0.4, 0.5) is 0 Å². The lowest BCUT2D eigenvalue weighted by molar-refractivity contribution is -0.114. The number of nitrogens with two attached hydrogens (primary N) is 1. The van der Waals surface area contributed by atoms with E-state index in [-0.39, 0.29) is 5.91 Å². The molecule has 0 aromatic rings. The molecular formula is C11H21NO. The van der Waals surface area contributed by atoms with Crippen LogP contribution in [0.25, 0.3) is 0 Å². The first-order valence-corrected chi connectivity index (χ1v) is 5.05. The quantitative estimate of drug-likeness (QED) is 0.499. The maximum absolute atomic E-state index is 10.8. The highest BCUT2D eigenvalue weighted by atomic mass is 16.1. The molecule has 0 saturated carbocycles. The summed E-state index contributed by atoms with van der Waals surface area (Å²) in [5.41, 5.74) is 7.05. The van der Waals surface area contributed by atoms with Gasteiger partial charge in [-0.05, 0) is 26.7 Å². The number of primary amides is 1. The molecule has 76 valence electrons. The molecule has 0 fully saturated rings. The van der Waals surface area contributed by atoms with Gasteiger partial charge in [-0.25, -0.2) is 0 Å². The number of rotatable bonds is 6. The predicted molar refractivity (Wildman–Crippen MR) is 56.3 cm³/mol. The summed E-state index contributed by atoms with van der Waals surface area (Å²) in [6, 6.07) is 0. The molecular weight excluding hydrogens is 162 g/mol. The van der Waals surface area contributed by atoms with Crippen molar-refractivity contribution in [3.8, 4) is 0 Å². The lowest BCUT2D eigenvalue weighted by Crippen LogP contribution is -2.13. The predicted octanol–water partition coefficient (Wildman–Crippen LogP) is 2.78. The molecule has 0 aliphatic carbocycles. The number of carbonyl (C=O) groups excluding carboxylic acids is 1. The molecule has 0 saturated heterocycles. The Morgan fingerprint density at radius 3 is 2.23 bits per heavy atom. The second-order valence-electron chi connectivity index (χ2n) is 3.58. The summed E-state index contributed by atoms with van der Waals surface area (Å²) in [7, 11) is 0. The lowest BCUT2D eigenvalue weighted by Gasteiger charge is -2.04. The number of hydrogen-bond acceptors (Lipinski definition) is 1. The van der Waals surface area contributed by atoms with Crippen molar-refractivity contribution in [2.45, 2.75) is 52.9 Å². The number of hydrogen-bond donors (Lipinski definition) is 1. The Morgan fingerprint density at radius 2 is 1.77 bits per heavy atom. The summed E-state index contributed by atoms with van der Waals surface area (Å²) in [6.45, 7) is 5.99. The molecule has 0 heterocycles. The highest BCUT2D eigenvalue weighted by Crippen LogP contribution is 2.12. The fourth-order valence-electron chi connectivity index (χ4n) is 1.21. The fraction of sp³-hybridized carbons (Fsp3) is 0.727. The number of amides is 1. The van der Waals surface area contributed by atoms with Gasteiger partial charge in [0.15, 0.2) is 0 Å². The largest absolute Gasteiger partial charge is 0.366 e. The van der Waals surface area contributed by atoms with Crippen molar-refractivity contribution in [3.63, 3.8) is 0 Å². The van der Waals surface area contributed by atoms with Gasteiger partial charge in [-0.2, -0.15) is 0 Å². The Hall–Kier alpha value is -0.790. The first-order chi connectivity index (χ1) is 6.09. The van der Waals surface area contributed by atoms with Gasteiger partial charge in [-0.15, -0.1) is 0 Å². The van der Waals surface area contributed by atoms with Crippen molar-refractivity contribution in [3.05, 3.63) is 11.1 Å². The molecule has 0 rings (SSSR count). The van der Waals surface area contributed by atoms with Crippen LogP contribution in [0.1, 0.15) is 52.9 Å². The summed E-state index contributed by atoms with van der Waals surface area (Å²) >= 11 is 0. The third kappa shape index (κ3) is 5.45. The minimum absolute atomic E-state index is 0.284. The van der Waals surface area contributed by atoms with Gasteiger partial charge in [0.1, 0.15) is 0 Å². The molecule has 0 aliphatic heterocycles. The normalized spacial score (nSPS) is 12.5. The molecule has 0 spiro atoms. The molecule has 0 aliphatic rings. The fourth-order valence-corrected chi connectivity index (χ4v) is 1.21. The molecule has 0 unspecified atom stereocenters. The number of carbonyl (C=O) groups is 1. The van der Waals surface area contributed by atoms with Crippen molar-refractivity contribution < 1.29 is 4.79 Å². The maximum Gasteiger partial charge on any atom is 0.244 e.